The maximum atomic E-state index is 12.9. The standard InChI is InChI=1S/C74H144O6/c1-4-7-10-13-16-19-22-24-26-28-30-32-34-35-36-37-38-40-41-43-45-47-49-52-55-58-61-64-67-73(76)79-70-71(69-78-72(75)66-63-60-57-54-51-21-18-15-12-9-6-3)80-74(77)68-65-62-59-56-53-50-48-46-44-42-39-33-31-29-27-25-23-20-17-14-11-8-5-2/h71H,4-70H2,1-3H3. The normalized spacial score (nSPS) is 11.9. The number of hydrogen-bond donors (Lipinski definition) is 0. The quantitative estimate of drug-likeness (QED) is 0.0343. The molecule has 0 rings (SSSR count). The smallest absolute Gasteiger partial charge is 0.306 e. The maximum absolute atomic E-state index is 12.9. The minimum absolute atomic E-state index is 0.0603. The molecule has 1 atom stereocenters. The third-order valence-electron chi connectivity index (χ3n) is 17.4. The molecule has 1 unspecified atom stereocenters. The Balaban J connectivity index is 4.10. The van der Waals surface area contributed by atoms with Gasteiger partial charge in [0.05, 0.1) is 0 Å². The maximum Gasteiger partial charge on any atom is 0.306 e. The van der Waals surface area contributed by atoms with E-state index in [1.165, 1.54) is 340 Å². The number of rotatable bonds is 70. The largest absolute Gasteiger partial charge is 0.462 e. The summed E-state index contributed by atoms with van der Waals surface area (Å²) in [5.41, 5.74) is 0. The fourth-order valence-corrected chi connectivity index (χ4v) is 11.8. The number of hydrogen-bond acceptors (Lipinski definition) is 6. The predicted molar refractivity (Wildman–Crippen MR) is 349 cm³/mol. The van der Waals surface area contributed by atoms with E-state index < -0.39 is 6.10 Å². The van der Waals surface area contributed by atoms with Crippen molar-refractivity contribution in [2.75, 3.05) is 13.2 Å². The predicted octanol–water partition coefficient (Wildman–Crippen LogP) is 25.4. The van der Waals surface area contributed by atoms with Gasteiger partial charge < -0.3 is 14.2 Å². The first-order valence-electron chi connectivity index (χ1n) is 37.0. The first kappa shape index (κ1) is 78.4. The molecule has 0 aromatic rings. The van der Waals surface area contributed by atoms with Gasteiger partial charge >= 0.3 is 17.9 Å². The van der Waals surface area contributed by atoms with Gasteiger partial charge in [0.25, 0.3) is 0 Å². The molecule has 0 heterocycles. The number of carbonyl (C=O) groups excluding carboxylic acids is 3. The summed E-state index contributed by atoms with van der Waals surface area (Å²) < 4.78 is 17.0. The lowest BCUT2D eigenvalue weighted by molar-refractivity contribution is -0.167. The average Bonchev–Trinajstić information content (AvgIpc) is 3.46. The highest BCUT2D eigenvalue weighted by Crippen LogP contribution is 2.20. The Hall–Kier alpha value is -1.59. The summed E-state index contributed by atoms with van der Waals surface area (Å²) >= 11 is 0. The topological polar surface area (TPSA) is 78.9 Å². The first-order valence-corrected chi connectivity index (χ1v) is 37.0. The zero-order chi connectivity index (χ0) is 57.8. The summed E-state index contributed by atoms with van der Waals surface area (Å²) in [6.45, 7) is 6.74. The molecule has 80 heavy (non-hydrogen) atoms. The average molecular weight is 1130 g/mol. The van der Waals surface area contributed by atoms with Crippen molar-refractivity contribution in [3.05, 3.63) is 0 Å². The fraction of sp³-hybridized carbons (Fsp3) is 0.959. The van der Waals surface area contributed by atoms with Gasteiger partial charge in [0, 0.05) is 19.3 Å². The van der Waals surface area contributed by atoms with Gasteiger partial charge in [0.1, 0.15) is 13.2 Å². The van der Waals surface area contributed by atoms with Gasteiger partial charge in [0.15, 0.2) is 6.10 Å². The van der Waals surface area contributed by atoms with Gasteiger partial charge in [-0.2, -0.15) is 0 Å². The van der Waals surface area contributed by atoms with Gasteiger partial charge in [-0.25, -0.2) is 0 Å². The molecule has 0 saturated carbocycles. The van der Waals surface area contributed by atoms with E-state index in [1.807, 2.05) is 0 Å². The molecule has 476 valence electrons. The number of ether oxygens (including phenoxy) is 3. The lowest BCUT2D eigenvalue weighted by Crippen LogP contribution is -2.30. The van der Waals surface area contributed by atoms with Gasteiger partial charge in [-0.1, -0.05) is 400 Å². The Kier molecular flexibility index (Phi) is 68.5. The highest BCUT2D eigenvalue weighted by Gasteiger charge is 2.20. The molecule has 0 fully saturated rings. The van der Waals surface area contributed by atoms with Gasteiger partial charge in [0.2, 0.25) is 0 Å². The molecule has 0 aliphatic rings. The van der Waals surface area contributed by atoms with Gasteiger partial charge in [-0.15, -0.1) is 0 Å². The van der Waals surface area contributed by atoms with Crippen molar-refractivity contribution in [2.45, 2.75) is 444 Å². The molecule has 0 spiro atoms. The minimum atomic E-state index is -0.763. The number of unbranched alkanes of at least 4 members (excludes halogenated alkanes) is 59. The Bertz CT molecular complexity index is 1200. The van der Waals surface area contributed by atoms with Crippen molar-refractivity contribution in [3.8, 4) is 0 Å². The molecule has 0 aliphatic carbocycles. The second-order valence-corrected chi connectivity index (χ2v) is 25.6. The molecule has 0 N–H and O–H groups in total. The van der Waals surface area contributed by atoms with E-state index in [0.717, 1.165) is 57.8 Å². The second-order valence-electron chi connectivity index (χ2n) is 25.6. The molecule has 6 heteroatoms. The van der Waals surface area contributed by atoms with Crippen LogP contribution in [0.25, 0.3) is 0 Å². The Morgan fingerprint density at radius 2 is 0.338 bits per heavy atom. The molecule has 0 radical (unpaired) electrons. The highest BCUT2D eigenvalue weighted by atomic mass is 16.6. The van der Waals surface area contributed by atoms with E-state index in [1.54, 1.807) is 0 Å². The summed E-state index contributed by atoms with van der Waals surface area (Å²) in [6, 6.07) is 0. The van der Waals surface area contributed by atoms with Crippen molar-refractivity contribution < 1.29 is 28.6 Å². The summed E-state index contributed by atoms with van der Waals surface area (Å²) in [6.07, 6.45) is 83.0. The molecule has 0 saturated heterocycles. The summed E-state index contributed by atoms with van der Waals surface area (Å²) in [5, 5.41) is 0. The molecule has 0 aromatic heterocycles. The van der Waals surface area contributed by atoms with Crippen molar-refractivity contribution in [3.63, 3.8) is 0 Å². The van der Waals surface area contributed by atoms with E-state index in [-0.39, 0.29) is 31.1 Å². The second kappa shape index (κ2) is 69.9. The van der Waals surface area contributed by atoms with E-state index in [9.17, 15) is 14.4 Å². The monoisotopic (exact) mass is 1130 g/mol. The molecule has 0 aliphatic heterocycles. The van der Waals surface area contributed by atoms with Crippen LogP contribution in [0.2, 0.25) is 0 Å². The van der Waals surface area contributed by atoms with Crippen LogP contribution in [0.5, 0.6) is 0 Å². The Morgan fingerprint density at radius 3 is 0.500 bits per heavy atom. The minimum Gasteiger partial charge on any atom is -0.462 e. The van der Waals surface area contributed by atoms with E-state index in [2.05, 4.69) is 20.8 Å². The van der Waals surface area contributed by atoms with Crippen LogP contribution in [-0.4, -0.2) is 37.2 Å². The van der Waals surface area contributed by atoms with Gasteiger partial charge in [-0.3, -0.25) is 14.4 Å². The third kappa shape index (κ3) is 67.2. The van der Waals surface area contributed by atoms with E-state index in [0.29, 0.717) is 19.3 Å². The molecular weight excluding hydrogens is 985 g/mol. The van der Waals surface area contributed by atoms with Crippen LogP contribution in [0.1, 0.15) is 438 Å². The summed E-state index contributed by atoms with van der Waals surface area (Å²) in [5.74, 6) is -0.821. The molecule has 0 bridgehead atoms. The van der Waals surface area contributed by atoms with Crippen LogP contribution in [0.15, 0.2) is 0 Å². The van der Waals surface area contributed by atoms with Crippen LogP contribution in [0.3, 0.4) is 0 Å². The lowest BCUT2D eigenvalue weighted by Gasteiger charge is -2.18. The Labute approximate surface area is 501 Å². The number of carbonyl (C=O) groups is 3. The van der Waals surface area contributed by atoms with E-state index in [4.69, 9.17) is 14.2 Å². The lowest BCUT2D eigenvalue weighted by atomic mass is 10.0. The van der Waals surface area contributed by atoms with Crippen LogP contribution < -0.4 is 0 Å². The molecule has 0 aromatic carbocycles. The molecular formula is C74H144O6. The third-order valence-corrected chi connectivity index (χ3v) is 17.4. The van der Waals surface area contributed by atoms with Crippen LogP contribution >= 0.6 is 0 Å². The van der Waals surface area contributed by atoms with Crippen molar-refractivity contribution in [1.82, 2.24) is 0 Å². The zero-order valence-electron chi connectivity index (χ0n) is 54.9. The number of esters is 3. The van der Waals surface area contributed by atoms with Crippen molar-refractivity contribution >= 4 is 17.9 Å². The van der Waals surface area contributed by atoms with E-state index >= 15 is 0 Å². The zero-order valence-corrected chi connectivity index (χ0v) is 54.9. The van der Waals surface area contributed by atoms with Crippen molar-refractivity contribution in [1.29, 1.82) is 0 Å². The fourth-order valence-electron chi connectivity index (χ4n) is 11.8. The Morgan fingerprint density at radius 1 is 0.200 bits per heavy atom. The SMILES string of the molecule is CCCCCCCCCCCCCCCCCCCCCCCCCCCCCCC(=O)OCC(COC(=O)CCCCCCCCCCCCC)OC(=O)CCCCCCCCCCCCCCCCCCCCCCCCC. The van der Waals surface area contributed by atoms with Crippen LogP contribution in [0.4, 0.5) is 0 Å². The highest BCUT2D eigenvalue weighted by molar-refractivity contribution is 5.71. The summed E-state index contributed by atoms with van der Waals surface area (Å²) in [7, 11) is 0. The molecule has 0 amide bonds. The first-order chi connectivity index (χ1) is 39.5. The molecule has 6 nitrogen and oxygen atoms in total. The van der Waals surface area contributed by atoms with Crippen LogP contribution in [-0.2, 0) is 28.6 Å². The van der Waals surface area contributed by atoms with Crippen LogP contribution in [0, 0.1) is 0 Å². The van der Waals surface area contributed by atoms with Crippen molar-refractivity contribution in [2.24, 2.45) is 0 Å². The van der Waals surface area contributed by atoms with Gasteiger partial charge in [-0.05, 0) is 19.3 Å². The summed E-state index contributed by atoms with van der Waals surface area (Å²) in [4.78, 5) is 38.4.